The van der Waals surface area contributed by atoms with Crippen LogP contribution in [-0.4, -0.2) is 62.8 Å². The van der Waals surface area contributed by atoms with Crippen molar-refractivity contribution in [2.75, 3.05) is 46.4 Å². The van der Waals surface area contributed by atoms with E-state index in [4.69, 9.17) is 4.74 Å². The second-order valence-corrected chi connectivity index (χ2v) is 3.86. The second kappa shape index (κ2) is 3.84. The van der Waals surface area contributed by atoms with E-state index in [9.17, 15) is 4.79 Å². The van der Waals surface area contributed by atoms with E-state index < -0.39 is 0 Å². The summed E-state index contributed by atoms with van der Waals surface area (Å²) < 4.78 is 4.87. The molecule has 0 aromatic heterocycles. The predicted octanol–water partition coefficient (Wildman–Crippen LogP) is -1.59. The highest BCUT2D eigenvalue weighted by atomic mass is 16.5. The average Bonchev–Trinajstić information content (AvgIpc) is 2.17. The first-order valence-electron chi connectivity index (χ1n) is 5.04. The fraction of sp³-hybridized carbons (Fsp3) is 0.889. The van der Waals surface area contributed by atoms with Crippen molar-refractivity contribution in [1.29, 1.82) is 0 Å². The van der Waals surface area contributed by atoms with Gasteiger partial charge in [-0.2, -0.15) is 0 Å². The molecule has 0 saturated carbocycles. The van der Waals surface area contributed by atoms with E-state index in [-0.39, 0.29) is 11.5 Å². The van der Waals surface area contributed by atoms with Crippen molar-refractivity contribution in [3.63, 3.8) is 0 Å². The van der Waals surface area contributed by atoms with Gasteiger partial charge in [0.2, 0.25) is 0 Å². The van der Waals surface area contributed by atoms with Gasteiger partial charge in [-0.25, -0.2) is 4.79 Å². The van der Waals surface area contributed by atoms with E-state index >= 15 is 0 Å². The Morgan fingerprint density at radius 1 is 1.29 bits per heavy atom. The molecule has 2 aliphatic rings. The number of nitrogens with zero attached hydrogens (tertiary/aromatic N) is 1. The molecule has 5 nitrogen and oxygen atoms in total. The van der Waals surface area contributed by atoms with Gasteiger partial charge in [-0.3, -0.25) is 4.90 Å². The van der Waals surface area contributed by atoms with Gasteiger partial charge in [0.05, 0.1) is 7.11 Å². The van der Waals surface area contributed by atoms with Crippen LogP contribution in [-0.2, 0) is 9.53 Å². The molecule has 0 radical (unpaired) electrons. The number of ether oxygens (including phenoxy) is 1. The summed E-state index contributed by atoms with van der Waals surface area (Å²) in [6, 6.07) is 0. The molecule has 2 rings (SSSR count). The van der Waals surface area contributed by atoms with Crippen molar-refractivity contribution in [3.05, 3.63) is 0 Å². The Hall–Kier alpha value is -0.650. The lowest BCUT2D eigenvalue weighted by molar-refractivity contribution is -0.160. The number of carbonyl (C=O) groups is 1. The molecule has 0 aliphatic carbocycles. The topological polar surface area (TPSA) is 53.6 Å². The standard InChI is InChI=1S/C9H17N3O2/c1-14-8(13)9(6-11-7-9)12-4-2-10-3-5-12/h10-11H,2-7H2,1H3. The fourth-order valence-electron chi connectivity index (χ4n) is 2.14. The quantitative estimate of drug-likeness (QED) is 0.525. The molecule has 80 valence electrons. The van der Waals surface area contributed by atoms with Crippen molar-refractivity contribution in [3.8, 4) is 0 Å². The number of piperazine rings is 1. The van der Waals surface area contributed by atoms with Crippen LogP contribution in [0, 0.1) is 0 Å². The molecule has 0 unspecified atom stereocenters. The number of nitrogens with one attached hydrogen (secondary N) is 2. The van der Waals surface area contributed by atoms with Gasteiger partial charge in [0.1, 0.15) is 5.54 Å². The second-order valence-electron chi connectivity index (χ2n) is 3.86. The average molecular weight is 199 g/mol. The highest BCUT2D eigenvalue weighted by Gasteiger charge is 2.50. The third-order valence-electron chi connectivity index (χ3n) is 3.12. The summed E-state index contributed by atoms with van der Waals surface area (Å²) in [5, 5.41) is 6.43. The Balaban J connectivity index is 2.06. The van der Waals surface area contributed by atoms with Crippen LogP contribution in [0.25, 0.3) is 0 Å². The largest absolute Gasteiger partial charge is 0.468 e. The number of hydrogen-bond acceptors (Lipinski definition) is 5. The summed E-state index contributed by atoms with van der Waals surface area (Å²) in [5.74, 6) is -0.0989. The summed E-state index contributed by atoms with van der Waals surface area (Å²) in [6.07, 6.45) is 0. The molecule has 0 aromatic carbocycles. The highest BCUT2D eigenvalue weighted by molar-refractivity contribution is 5.82. The Morgan fingerprint density at radius 2 is 1.93 bits per heavy atom. The van der Waals surface area contributed by atoms with Crippen molar-refractivity contribution in [2.24, 2.45) is 0 Å². The maximum Gasteiger partial charge on any atom is 0.328 e. The van der Waals surface area contributed by atoms with E-state index in [1.807, 2.05) is 0 Å². The van der Waals surface area contributed by atoms with Gasteiger partial charge in [0, 0.05) is 39.3 Å². The zero-order valence-corrected chi connectivity index (χ0v) is 8.51. The van der Waals surface area contributed by atoms with Crippen LogP contribution in [0.4, 0.5) is 0 Å². The fourth-order valence-corrected chi connectivity index (χ4v) is 2.14. The van der Waals surface area contributed by atoms with Crippen LogP contribution in [0.3, 0.4) is 0 Å². The molecule has 0 atom stereocenters. The third-order valence-corrected chi connectivity index (χ3v) is 3.12. The molecule has 2 N–H and O–H groups in total. The maximum absolute atomic E-state index is 11.7. The van der Waals surface area contributed by atoms with Crippen molar-refractivity contribution >= 4 is 5.97 Å². The molecular formula is C9H17N3O2. The minimum absolute atomic E-state index is 0.0989. The predicted molar refractivity (Wildman–Crippen MR) is 52.1 cm³/mol. The summed E-state index contributed by atoms with van der Waals surface area (Å²) in [5.41, 5.74) is -0.378. The Kier molecular flexibility index (Phi) is 2.71. The van der Waals surface area contributed by atoms with E-state index in [0.717, 1.165) is 39.3 Å². The van der Waals surface area contributed by atoms with E-state index in [1.54, 1.807) is 0 Å². The molecule has 2 fully saturated rings. The van der Waals surface area contributed by atoms with Crippen LogP contribution in [0.1, 0.15) is 0 Å². The normalized spacial score (nSPS) is 26.6. The summed E-state index contributed by atoms with van der Waals surface area (Å²) in [4.78, 5) is 13.9. The Bertz CT molecular complexity index is 222. The minimum Gasteiger partial charge on any atom is -0.468 e. The monoisotopic (exact) mass is 199 g/mol. The van der Waals surface area contributed by atoms with E-state index in [2.05, 4.69) is 15.5 Å². The Labute approximate surface area is 83.8 Å². The lowest BCUT2D eigenvalue weighted by Crippen LogP contribution is -2.75. The molecule has 0 bridgehead atoms. The van der Waals surface area contributed by atoms with Crippen LogP contribution >= 0.6 is 0 Å². The van der Waals surface area contributed by atoms with Gasteiger partial charge in [-0.1, -0.05) is 0 Å². The van der Waals surface area contributed by atoms with Gasteiger partial charge < -0.3 is 15.4 Å². The lowest BCUT2D eigenvalue weighted by atomic mass is 9.89. The zero-order valence-electron chi connectivity index (χ0n) is 8.51. The molecule has 14 heavy (non-hydrogen) atoms. The zero-order chi connectivity index (χ0) is 10.0. The molecule has 2 heterocycles. The maximum atomic E-state index is 11.7. The van der Waals surface area contributed by atoms with Crippen molar-refractivity contribution < 1.29 is 9.53 Å². The molecule has 0 amide bonds. The van der Waals surface area contributed by atoms with Gasteiger partial charge in [-0.15, -0.1) is 0 Å². The number of esters is 1. The smallest absolute Gasteiger partial charge is 0.328 e. The first kappa shape index (κ1) is 9.89. The number of methoxy groups -OCH3 is 1. The molecule has 2 aliphatic heterocycles. The molecular weight excluding hydrogens is 182 g/mol. The van der Waals surface area contributed by atoms with Gasteiger partial charge >= 0.3 is 5.97 Å². The summed E-state index contributed by atoms with van der Waals surface area (Å²) >= 11 is 0. The van der Waals surface area contributed by atoms with Gasteiger partial charge in [0.15, 0.2) is 0 Å². The van der Waals surface area contributed by atoms with Crippen LogP contribution in [0.15, 0.2) is 0 Å². The molecule has 0 aromatic rings. The minimum atomic E-state index is -0.378. The van der Waals surface area contributed by atoms with Crippen molar-refractivity contribution in [2.45, 2.75) is 5.54 Å². The molecule has 0 spiro atoms. The number of hydrogen-bond donors (Lipinski definition) is 2. The number of rotatable bonds is 2. The summed E-state index contributed by atoms with van der Waals surface area (Å²) in [7, 11) is 1.46. The first-order chi connectivity index (χ1) is 6.79. The highest BCUT2D eigenvalue weighted by Crippen LogP contribution is 2.22. The van der Waals surface area contributed by atoms with Crippen LogP contribution in [0.2, 0.25) is 0 Å². The third kappa shape index (κ3) is 1.41. The lowest BCUT2D eigenvalue weighted by Gasteiger charge is -2.49. The molecule has 2 saturated heterocycles. The summed E-state index contributed by atoms with van der Waals surface area (Å²) in [6.45, 7) is 5.21. The Morgan fingerprint density at radius 3 is 2.36 bits per heavy atom. The van der Waals surface area contributed by atoms with Crippen LogP contribution < -0.4 is 10.6 Å². The number of carbonyl (C=O) groups excluding carboxylic acids is 1. The van der Waals surface area contributed by atoms with E-state index in [1.165, 1.54) is 7.11 Å². The SMILES string of the molecule is COC(=O)C1(N2CCNCC2)CNC1. The van der Waals surface area contributed by atoms with E-state index in [0.29, 0.717) is 0 Å². The van der Waals surface area contributed by atoms with Gasteiger partial charge in [-0.05, 0) is 0 Å². The molecule has 5 heteroatoms. The van der Waals surface area contributed by atoms with Crippen molar-refractivity contribution in [1.82, 2.24) is 15.5 Å². The van der Waals surface area contributed by atoms with Gasteiger partial charge in [0.25, 0.3) is 0 Å². The first-order valence-corrected chi connectivity index (χ1v) is 5.04. The van der Waals surface area contributed by atoms with Crippen LogP contribution in [0.5, 0.6) is 0 Å².